The number of morpholine rings is 1. The summed E-state index contributed by atoms with van der Waals surface area (Å²) in [7, 11) is 0. The van der Waals surface area contributed by atoms with Crippen LogP contribution in [0, 0.1) is 12.7 Å². The number of nitrogens with zero attached hydrogens (tertiary/aromatic N) is 4. The Labute approximate surface area is 142 Å². The molecule has 1 N–H and O–H groups in total. The van der Waals surface area contributed by atoms with E-state index in [1.165, 1.54) is 11.3 Å². The molecule has 1 aliphatic heterocycles. The third kappa shape index (κ3) is 3.07. The number of aryl methyl sites for hydroxylation is 1. The molecule has 6 nitrogen and oxygen atoms in total. The molecule has 4 rings (SSSR count). The van der Waals surface area contributed by atoms with Gasteiger partial charge in [-0.3, -0.25) is 0 Å². The Morgan fingerprint density at radius 1 is 1.33 bits per heavy atom. The summed E-state index contributed by atoms with van der Waals surface area (Å²) in [5.74, 6) is -0.194. The quantitative estimate of drug-likeness (QED) is 0.786. The number of fused-ring (bicyclic) bond motifs is 1. The van der Waals surface area contributed by atoms with E-state index in [9.17, 15) is 4.39 Å². The predicted octanol–water partition coefficient (Wildman–Crippen LogP) is 2.69. The van der Waals surface area contributed by atoms with Crippen LogP contribution in [0.5, 0.6) is 0 Å². The van der Waals surface area contributed by atoms with Crippen LogP contribution in [0.1, 0.15) is 11.3 Å². The summed E-state index contributed by atoms with van der Waals surface area (Å²) in [4.78, 5) is 7.24. The monoisotopic (exact) mass is 347 g/mol. The number of hydrogen-bond acceptors (Lipinski definition) is 6. The van der Waals surface area contributed by atoms with Gasteiger partial charge in [-0.1, -0.05) is 17.4 Å². The first-order valence-electron chi connectivity index (χ1n) is 7.87. The van der Waals surface area contributed by atoms with Gasteiger partial charge < -0.3 is 15.0 Å². The minimum absolute atomic E-state index is 0.194. The van der Waals surface area contributed by atoms with Gasteiger partial charge in [0.15, 0.2) is 0 Å². The molecule has 24 heavy (non-hydrogen) atoms. The highest BCUT2D eigenvalue weighted by molar-refractivity contribution is 7.20. The molecule has 0 aliphatic carbocycles. The number of halogens is 1. The average molecular weight is 347 g/mol. The molecular formula is C16H18FN5OS. The molecule has 3 heterocycles. The van der Waals surface area contributed by atoms with Crippen molar-refractivity contribution in [2.75, 3.05) is 36.5 Å². The molecule has 0 amide bonds. The van der Waals surface area contributed by atoms with Gasteiger partial charge >= 0.3 is 0 Å². The van der Waals surface area contributed by atoms with Crippen molar-refractivity contribution in [3.8, 4) is 0 Å². The molecule has 3 aromatic rings. The van der Waals surface area contributed by atoms with Gasteiger partial charge in [-0.05, 0) is 24.6 Å². The van der Waals surface area contributed by atoms with E-state index in [0.29, 0.717) is 25.4 Å². The fourth-order valence-electron chi connectivity index (χ4n) is 2.78. The van der Waals surface area contributed by atoms with E-state index < -0.39 is 0 Å². The largest absolute Gasteiger partial charge is 0.378 e. The Morgan fingerprint density at radius 2 is 2.17 bits per heavy atom. The molecule has 0 unspecified atom stereocenters. The maximum Gasteiger partial charge on any atom is 0.214 e. The van der Waals surface area contributed by atoms with Crippen LogP contribution in [-0.4, -0.2) is 40.9 Å². The molecule has 1 saturated heterocycles. The van der Waals surface area contributed by atoms with E-state index in [4.69, 9.17) is 4.74 Å². The van der Waals surface area contributed by atoms with Crippen LogP contribution < -0.4 is 10.2 Å². The molecule has 2 aromatic heterocycles. The SMILES string of the molecule is Cc1cn2nc(NCc3ccc(N4CCOCC4)c(F)c3)sc2n1. The lowest BCUT2D eigenvalue weighted by Gasteiger charge is -2.29. The molecule has 0 radical (unpaired) electrons. The Bertz CT molecular complexity index is 824. The first-order chi connectivity index (χ1) is 11.7. The highest BCUT2D eigenvalue weighted by atomic mass is 32.1. The molecule has 126 valence electrons. The molecule has 1 fully saturated rings. The molecule has 0 saturated carbocycles. The summed E-state index contributed by atoms with van der Waals surface area (Å²) >= 11 is 1.48. The van der Waals surface area contributed by atoms with Crippen LogP contribution in [0.2, 0.25) is 0 Å². The average Bonchev–Trinajstić information content (AvgIpc) is 3.10. The van der Waals surface area contributed by atoms with Gasteiger partial charge in [-0.25, -0.2) is 13.9 Å². The second-order valence-corrected chi connectivity index (χ2v) is 6.71. The summed E-state index contributed by atoms with van der Waals surface area (Å²) in [6.07, 6.45) is 1.88. The van der Waals surface area contributed by atoms with Gasteiger partial charge in [0.25, 0.3) is 0 Å². The Kier molecular flexibility index (Phi) is 4.07. The number of imidazole rings is 1. The van der Waals surface area contributed by atoms with Crippen LogP contribution in [-0.2, 0) is 11.3 Å². The number of anilines is 2. The highest BCUT2D eigenvalue weighted by Gasteiger charge is 2.15. The highest BCUT2D eigenvalue weighted by Crippen LogP contribution is 2.23. The first-order valence-corrected chi connectivity index (χ1v) is 8.68. The van der Waals surface area contributed by atoms with Crippen molar-refractivity contribution in [1.29, 1.82) is 0 Å². The third-order valence-electron chi connectivity index (χ3n) is 3.97. The number of ether oxygens (including phenoxy) is 1. The summed E-state index contributed by atoms with van der Waals surface area (Å²) in [6, 6.07) is 5.38. The minimum Gasteiger partial charge on any atom is -0.378 e. The zero-order valence-corrected chi connectivity index (χ0v) is 14.1. The summed E-state index contributed by atoms with van der Waals surface area (Å²) < 4.78 is 21.5. The zero-order chi connectivity index (χ0) is 16.5. The summed E-state index contributed by atoms with van der Waals surface area (Å²) in [5, 5.41) is 8.41. The summed E-state index contributed by atoms with van der Waals surface area (Å²) in [5.41, 5.74) is 2.47. The molecular weight excluding hydrogens is 329 g/mol. The summed E-state index contributed by atoms with van der Waals surface area (Å²) in [6.45, 7) is 5.21. The van der Waals surface area contributed by atoms with Crippen molar-refractivity contribution < 1.29 is 9.13 Å². The van der Waals surface area contributed by atoms with E-state index in [-0.39, 0.29) is 5.82 Å². The van der Waals surface area contributed by atoms with E-state index in [1.54, 1.807) is 10.6 Å². The second kappa shape index (κ2) is 6.37. The minimum atomic E-state index is -0.194. The van der Waals surface area contributed by atoms with Gasteiger partial charge in [-0.2, -0.15) is 0 Å². The van der Waals surface area contributed by atoms with Crippen molar-refractivity contribution in [3.63, 3.8) is 0 Å². The van der Waals surface area contributed by atoms with Crippen molar-refractivity contribution in [2.24, 2.45) is 0 Å². The maximum absolute atomic E-state index is 14.4. The van der Waals surface area contributed by atoms with Crippen LogP contribution >= 0.6 is 11.3 Å². The number of aromatic nitrogens is 3. The molecule has 0 bridgehead atoms. The lowest BCUT2D eigenvalue weighted by Crippen LogP contribution is -2.36. The molecule has 1 aromatic carbocycles. The van der Waals surface area contributed by atoms with E-state index in [2.05, 4.69) is 15.4 Å². The first kappa shape index (κ1) is 15.3. The van der Waals surface area contributed by atoms with Crippen molar-refractivity contribution in [1.82, 2.24) is 14.6 Å². The number of rotatable bonds is 4. The number of benzene rings is 1. The van der Waals surface area contributed by atoms with E-state index in [1.807, 2.05) is 30.2 Å². The van der Waals surface area contributed by atoms with Crippen LogP contribution in [0.3, 0.4) is 0 Å². The van der Waals surface area contributed by atoms with Gasteiger partial charge in [0.1, 0.15) is 5.82 Å². The molecule has 0 atom stereocenters. The second-order valence-electron chi connectivity index (χ2n) is 5.76. The molecule has 1 aliphatic rings. The Morgan fingerprint density at radius 3 is 2.92 bits per heavy atom. The van der Waals surface area contributed by atoms with Crippen LogP contribution in [0.4, 0.5) is 15.2 Å². The maximum atomic E-state index is 14.4. The molecule has 8 heteroatoms. The van der Waals surface area contributed by atoms with Gasteiger partial charge in [0, 0.05) is 19.6 Å². The van der Waals surface area contributed by atoms with Gasteiger partial charge in [0.05, 0.1) is 30.8 Å². The van der Waals surface area contributed by atoms with Crippen molar-refractivity contribution in [2.45, 2.75) is 13.5 Å². The predicted molar refractivity (Wildman–Crippen MR) is 92.4 cm³/mol. The fourth-order valence-corrected chi connectivity index (χ4v) is 3.60. The van der Waals surface area contributed by atoms with E-state index >= 15 is 0 Å². The van der Waals surface area contributed by atoms with Gasteiger partial charge in [0.2, 0.25) is 10.1 Å². The van der Waals surface area contributed by atoms with Crippen LogP contribution in [0.15, 0.2) is 24.4 Å². The van der Waals surface area contributed by atoms with Crippen molar-refractivity contribution in [3.05, 3.63) is 41.5 Å². The normalized spacial score (nSPS) is 15.2. The third-order valence-corrected chi connectivity index (χ3v) is 4.85. The standard InChI is InChI=1S/C16H18FN5OS/c1-11-10-22-16(19-11)24-15(20-22)18-9-12-2-3-14(13(17)8-12)21-4-6-23-7-5-21/h2-3,8,10H,4-7,9H2,1H3,(H,18,20). The topological polar surface area (TPSA) is 54.7 Å². The van der Waals surface area contributed by atoms with Crippen LogP contribution in [0.25, 0.3) is 4.96 Å². The lowest BCUT2D eigenvalue weighted by molar-refractivity contribution is 0.122. The fraction of sp³-hybridized carbons (Fsp3) is 0.375. The zero-order valence-electron chi connectivity index (χ0n) is 13.3. The van der Waals surface area contributed by atoms with Gasteiger partial charge in [-0.15, -0.1) is 5.10 Å². The molecule has 0 spiro atoms. The lowest BCUT2D eigenvalue weighted by atomic mass is 10.1. The Balaban J connectivity index is 1.44. The smallest absolute Gasteiger partial charge is 0.214 e. The van der Waals surface area contributed by atoms with Crippen molar-refractivity contribution >= 4 is 27.1 Å². The van der Waals surface area contributed by atoms with E-state index in [0.717, 1.165) is 34.4 Å². The Hall–Kier alpha value is -2.19. The number of hydrogen-bond donors (Lipinski definition) is 1. The number of nitrogens with one attached hydrogen (secondary N) is 1.